The van der Waals surface area contributed by atoms with E-state index in [1.807, 2.05) is 12.3 Å². The van der Waals surface area contributed by atoms with Crippen molar-refractivity contribution in [3.05, 3.63) is 48.0 Å². The Bertz CT molecular complexity index is 707. The summed E-state index contributed by atoms with van der Waals surface area (Å²) in [4.78, 5) is 16.0. The monoisotopic (exact) mass is 365 g/mol. The smallest absolute Gasteiger partial charge is 0.340 e. The molecule has 0 saturated carbocycles. The van der Waals surface area contributed by atoms with Crippen molar-refractivity contribution in [3.8, 4) is 0 Å². The molecule has 0 radical (unpaired) electrons. The molecular formula is C18H22F3N5. The first-order valence-corrected chi connectivity index (χ1v) is 8.68. The number of likely N-dealkylation sites (tertiary alicyclic amines) is 1. The van der Waals surface area contributed by atoms with Crippen molar-refractivity contribution < 1.29 is 13.2 Å². The predicted molar refractivity (Wildman–Crippen MR) is 92.8 cm³/mol. The van der Waals surface area contributed by atoms with Gasteiger partial charge in [0.05, 0.1) is 0 Å². The molecule has 2 aromatic heterocycles. The molecule has 1 saturated heterocycles. The first-order chi connectivity index (χ1) is 12.4. The summed E-state index contributed by atoms with van der Waals surface area (Å²) in [5, 5.41) is 0. The second-order valence-corrected chi connectivity index (χ2v) is 6.56. The van der Waals surface area contributed by atoms with Gasteiger partial charge in [-0.05, 0) is 43.5 Å². The molecule has 0 aliphatic carbocycles. The van der Waals surface area contributed by atoms with Crippen LogP contribution in [0.1, 0.15) is 24.1 Å². The zero-order chi connectivity index (χ0) is 18.6. The van der Waals surface area contributed by atoms with Gasteiger partial charge in [-0.25, -0.2) is 9.97 Å². The molecular weight excluding hydrogens is 343 g/mol. The number of halogens is 3. The topological polar surface area (TPSA) is 45.2 Å². The van der Waals surface area contributed by atoms with Crippen molar-refractivity contribution in [1.29, 1.82) is 0 Å². The van der Waals surface area contributed by atoms with Crippen molar-refractivity contribution >= 4 is 5.95 Å². The van der Waals surface area contributed by atoms with Gasteiger partial charge < -0.3 is 9.80 Å². The lowest BCUT2D eigenvalue weighted by Gasteiger charge is -2.37. The van der Waals surface area contributed by atoms with Crippen LogP contribution >= 0.6 is 0 Å². The standard InChI is InChI=1S/C18H22F3N5/c1-25(17-23-9-6-16(24-17)18(19,20)21)15-5-3-10-26(13-15)11-7-14-4-2-8-22-12-14/h2,4,6,8-9,12,15H,3,5,7,10-11,13H2,1H3. The maximum atomic E-state index is 12.9. The van der Waals surface area contributed by atoms with Gasteiger partial charge in [-0.3, -0.25) is 4.98 Å². The highest BCUT2D eigenvalue weighted by atomic mass is 19.4. The third kappa shape index (κ3) is 4.69. The number of piperidine rings is 1. The van der Waals surface area contributed by atoms with Crippen LogP contribution in [0.2, 0.25) is 0 Å². The van der Waals surface area contributed by atoms with Gasteiger partial charge in [0.15, 0.2) is 0 Å². The molecule has 0 N–H and O–H groups in total. The molecule has 1 aliphatic heterocycles. The zero-order valence-corrected chi connectivity index (χ0v) is 14.7. The Morgan fingerprint density at radius 1 is 1.27 bits per heavy atom. The van der Waals surface area contributed by atoms with Crippen LogP contribution in [0.5, 0.6) is 0 Å². The van der Waals surface area contributed by atoms with Crippen molar-refractivity contribution in [1.82, 2.24) is 19.9 Å². The number of anilines is 1. The number of rotatable bonds is 5. The number of alkyl halides is 3. The van der Waals surface area contributed by atoms with E-state index in [0.717, 1.165) is 45.0 Å². The average molecular weight is 365 g/mol. The maximum absolute atomic E-state index is 12.9. The first-order valence-electron chi connectivity index (χ1n) is 8.68. The third-order valence-corrected chi connectivity index (χ3v) is 4.72. The Kier molecular flexibility index (Phi) is 5.70. The van der Waals surface area contributed by atoms with E-state index in [0.29, 0.717) is 0 Å². The van der Waals surface area contributed by atoms with E-state index in [2.05, 4.69) is 25.9 Å². The largest absolute Gasteiger partial charge is 0.433 e. The summed E-state index contributed by atoms with van der Waals surface area (Å²) < 4.78 is 38.6. The van der Waals surface area contributed by atoms with Crippen LogP contribution < -0.4 is 4.90 Å². The van der Waals surface area contributed by atoms with Crippen molar-refractivity contribution in [2.24, 2.45) is 0 Å². The molecule has 0 aromatic carbocycles. The predicted octanol–water partition coefficient (Wildman–Crippen LogP) is 3.03. The number of hydrogen-bond donors (Lipinski definition) is 0. The summed E-state index contributed by atoms with van der Waals surface area (Å²) in [5.74, 6) is 0.124. The Balaban J connectivity index is 1.62. The minimum Gasteiger partial charge on any atom is -0.340 e. The molecule has 140 valence electrons. The minimum absolute atomic E-state index is 0.0983. The molecule has 2 aromatic rings. The summed E-state index contributed by atoms with van der Waals surface area (Å²) in [6.07, 6.45) is 3.16. The second-order valence-electron chi connectivity index (χ2n) is 6.56. The fourth-order valence-electron chi connectivity index (χ4n) is 3.22. The highest BCUT2D eigenvalue weighted by Gasteiger charge is 2.33. The van der Waals surface area contributed by atoms with Crippen LogP contribution in [0.4, 0.5) is 19.1 Å². The Morgan fingerprint density at radius 2 is 2.12 bits per heavy atom. The van der Waals surface area contributed by atoms with Crippen molar-refractivity contribution in [2.75, 3.05) is 31.6 Å². The molecule has 0 spiro atoms. The summed E-state index contributed by atoms with van der Waals surface area (Å²) in [7, 11) is 1.77. The SMILES string of the molecule is CN(c1nccc(C(F)(F)F)n1)C1CCCN(CCc2cccnc2)C1. The molecule has 3 rings (SSSR count). The van der Waals surface area contributed by atoms with Crippen molar-refractivity contribution in [3.63, 3.8) is 0 Å². The van der Waals surface area contributed by atoms with Crippen LogP contribution in [0.3, 0.4) is 0 Å². The van der Waals surface area contributed by atoms with Crippen LogP contribution in [-0.4, -0.2) is 52.6 Å². The molecule has 3 heterocycles. The van der Waals surface area contributed by atoms with Gasteiger partial charge in [0, 0.05) is 44.8 Å². The van der Waals surface area contributed by atoms with Gasteiger partial charge in [-0.2, -0.15) is 13.2 Å². The van der Waals surface area contributed by atoms with Gasteiger partial charge >= 0.3 is 6.18 Å². The number of aromatic nitrogens is 3. The van der Waals surface area contributed by atoms with Gasteiger partial charge in [0.25, 0.3) is 0 Å². The van der Waals surface area contributed by atoms with Gasteiger partial charge in [-0.1, -0.05) is 6.07 Å². The van der Waals surface area contributed by atoms with Crippen LogP contribution in [0.15, 0.2) is 36.8 Å². The second kappa shape index (κ2) is 7.99. The summed E-state index contributed by atoms with van der Waals surface area (Å²) in [6, 6.07) is 4.98. The fourth-order valence-corrected chi connectivity index (χ4v) is 3.22. The Morgan fingerprint density at radius 3 is 2.85 bits per heavy atom. The average Bonchev–Trinajstić information content (AvgIpc) is 2.66. The molecule has 8 heteroatoms. The lowest BCUT2D eigenvalue weighted by atomic mass is 10.0. The van der Waals surface area contributed by atoms with Gasteiger partial charge in [-0.15, -0.1) is 0 Å². The molecule has 1 fully saturated rings. The normalized spacial score (nSPS) is 18.7. The number of hydrogen-bond acceptors (Lipinski definition) is 5. The molecule has 1 atom stereocenters. The summed E-state index contributed by atoms with van der Waals surface area (Å²) >= 11 is 0. The number of nitrogens with zero attached hydrogens (tertiary/aromatic N) is 5. The Hall–Kier alpha value is -2.22. The van der Waals surface area contributed by atoms with E-state index in [1.54, 1.807) is 18.1 Å². The molecule has 0 amide bonds. The fraction of sp³-hybridized carbons (Fsp3) is 0.500. The quantitative estimate of drug-likeness (QED) is 0.815. The van der Waals surface area contributed by atoms with E-state index in [9.17, 15) is 13.2 Å². The Labute approximate surface area is 150 Å². The zero-order valence-electron chi connectivity index (χ0n) is 14.7. The van der Waals surface area contributed by atoms with Crippen LogP contribution in [-0.2, 0) is 12.6 Å². The number of likely N-dealkylation sites (N-methyl/N-ethyl adjacent to an activating group) is 1. The molecule has 0 bridgehead atoms. The lowest BCUT2D eigenvalue weighted by Crippen LogP contribution is -2.47. The highest BCUT2D eigenvalue weighted by molar-refractivity contribution is 5.31. The molecule has 1 unspecified atom stereocenters. The van der Waals surface area contributed by atoms with Crippen LogP contribution in [0.25, 0.3) is 0 Å². The minimum atomic E-state index is -4.46. The van der Waals surface area contributed by atoms with Gasteiger partial charge in [0.1, 0.15) is 5.69 Å². The van der Waals surface area contributed by atoms with Gasteiger partial charge in [0.2, 0.25) is 5.95 Å². The molecule has 26 heavy (non-hydrogen) atoms. The van der Waals surface area contributed by atoms with E-state index in [-0.39, 0.29) is 12.0 Å². The first kappa shape index (κ1) is 18.6. The number of pyridine rings is 1. The lowest BCUT2D eigenvalue weighted by molar-refractivity contribution is -0.141. The van der Waals surface area contributed by atoms with E-state index in [1.165, 1.54) is 11.8 Å². The van der Waals surface area contributed by atoms with E-state index < -0.39 is 11.9 Å². The maximum Gasteiger partial charge on any atom is 0.433 e. The van der Waals surface area contributed by atoms with E-state index >= 15 is 0 Å². The summed E-state index contributed by atoms with van der Waals surface area (Å²) in [6.45, 7) is 2.68. The highest BCUT2D eigenvalue weighted by Crippen LogP contribution is 2.28. The molecule has 5 nitrogen and oxygen atoms in total. The third-order valence-electron chi connectivity index (χ3n) is 4.72. The molecule has 1 aliphatic rings. The summed E-state index contributed by atoms with van der Waals surface area (Å²) in [5.41, 5.74) is 0.280. The van der Waals surface area contributed by atoms with E-state index in [4.69, 9.17) is 0 Å². The van der Waals surface area contributed by atoms with Crippen molar-refractivity contribution in [2.45, 2.75) is 31.5 Å². The van der Waals surface area contributed by atoms with Crippen LogP contribution in [0, 0.1) is 0 Å².